The van der Waals surface area contributed by atoms with Gasteiger partial charge in [0, 0.05) is 37.4 Å². The van der Waals surface area contributed by atoms with E-state index in [0.29, 0.717) is 23.2 Å². The molecule has 1 atom stereocenters. The van der Waals surface area contributed by atoms with Gasteiger partial charge in [0.2, 0.25) is 11.8 Å². The zero-order valence-electron chi connectivity index (χ0n) is 12.9. The van der Waals surface area contributed by atoms with Gasteiger partial charge in [0.05, 0.1) is 14.2 Å². The van der Waals surface area contributed by atoms with Gasteiger partial charge in [0.25, 0.3) is 0 Å². The van der Waals surface area contributed by atoms with Crippen LogP contribution < -0.4 is 14.8 Å². The molecule has 1 saturated carbocycles. The van der Waals surface area contributed by atoms with E-state index in [-0.39, 0.29) is 0 Å². The van der Waals surface area contributed by atoms with E-state index < -0.39 is 0 Å². The van der Waals surface area contributed by atoms with Crippen molar-refractivity contribution in [2.24, 2.45) is 5.41 Å². The summed E-state index contributed by atoms with van der Waals surface area (Å²) in [6, 6.07) is 4.49. The molecule has 2 fully saturated rings. The van der Waals surface area contributed by atoms with E-state index in [4.69, 9.17) is 14.2 Å². The second-order valence-corrected chi connectivity index (χ2v) is 5.97. The lowest BCUT2D eigenvalue weighted by Crippen LogP contribution is -2.55. The number of ether oxygens (including phenoxy) is 3. The van der Waals surface area contributed by atoms with Crippen LogP contribution in [0, 0.1) is 5.41 Å². The summed E-state index contributed by atoms with van der Waals surface area (Å²) in [5.74, 6) is 1.22. The molecule has 1 aromatic heterocycles. The fraction of sp³-hybridized carbons (Fsp3) is 0.688. The van der Waals surface area contributed by atoms with Crippen LogP contribution in [0.4, 0.5) is 0 Å². The van der Waals surface area contributed by atoms with Crippen molar-refractivity contribution in [3.8, 4) is 11.8 Å². The average molecular weight is 292 g/mol. The molecule has 116 valence electrons. The van der Waals surface area contributed by atoms with Gasteiger partial charge >= 0.3 is 0 Å². The van der Waals surface area contributed by atoms with Crippen molar-refractivity contribution in [3.63, 3.8) is 0 Å². The van der Waals surface area contributed by atoms with Crippen LogP contribution in [0.25, 0.3) is 0 Å². The van der Waals surface area contributed by atoms with Crippen molar-refractivity contribution in [3.05, 3.63) is 17.7 Å². The number of hydrogen-bond acceptors (Lipinski definition) is 5. The summed E-state index contributed by atoms with van der Waals surface area (Å²) in [4.78, 5) is 4.33. The maximum atomic E-state index is 5.50. The second-order valence-electron chi connectivity index (χ2n) is 5.97. The van der Waals surface area contributed by atoms with Crippen LogP contribution in [0.2, 0.25) is 0 Å². The molecule has 0 bridgehead atoms. The summed E-state index contributed by atoms with van der Waals surface area (Å²) in [5.41, 5.74) is 1.54. The molecule has 0 amide bonds. The normalized spacial score (nSPS) is 23.6. The molecular formula is C16H24N2O3. The van der Waals surface area contributed by atoms with Crippen molar-refractivity contribution in [2.45, 2.75) is 38.3 Å². The number of nitrogens with zero attached hydrogens (tertiary/aromatic N) is 1. The minimum absolute atomic E-state index is 0.464. The monoisotopic (exact) mass is 292 g/mol. The lowest BCUT2D eigenvalue weighted by atomic mass is 9.60. The molecule has 1 N–H and O–H groups in total. The molecule has 0 aromatic carbocycles. The van der Waals surface area contributed by atoms with Gasteiger partial charge in [0.15, 0.2) is 0 Å². The number of nitrogens with one attached hydrogen (secondary N) is 1. The first-order valence-corrected chi connectivity index (χ1v) is 7.66. The first-order chi connectivity index (χ1) is 10.3. The average Bonchev–Trinajstić information content (AvgIpc) is 2.55. The second kappa shape index (κ2) is 6.20. The van der Waals surface area contributed by atoms with Crippen LogP contribution in [0.5, 0.6) is 11.8 Å². The summed E-state index contributed by atoms with van der Waals surface area (Å²) in [6.45, 7) is 2.60. The molecule has 2 aliphatic rings. The van der Waals surface area contributed by atoms with Crippen molar-refractivity contribution in [2.75, 3.05) is 27.4 Å². The van der Waals surface area contributed by atoms with Gasteiger partial charge < -0.3 is 19.5 Å². The Morgan fingerprint density at radius 3 is 2.67 bits per heavy atom. The summed E-state index contributed by atoms with van der Waals surface area (Å²) in [6.07, 6.45) is 4.95. The molecule has 0 unspecified atom stereocenters. The third kappa shape index (κ3) is 2.85. The molecule has 0 radical (unpaired) electrons. The molecule has 1 aliphatic heterocycles. The van der Waals surface area contributed by atoms with Gasteiger partial charge in [-0.1, -0.05) is 0 Å². The van der Waals surface area contributed by atoms with Crippen LogP contribution in [-0.4, -0.2) is 38.5 Å². The first-order valence-electron chi connectivity index (χ1n) is 7.66. The number of pyridine rings is 1. The molecule has 1 aliphatic carbocycles. The smallest absolute Gasteiger partial charge is 0.220 e. The molecule has 2 heterocycles. The highest BCUT2D eigenvalue weighted by atomic mass is 16.5. The SMILES string of the molecule is COc1ccc(CN[C@H]2CCC23CCOCC3)c(OC)n1. The Kier molecular flexibility index (Phi) is 4.31. The topological polar surface area (TPSA) is 52.6 Å². The van der Waals surface area contributed by atoms with Crippen LogP contribution in [0.15, 0.2) is 12.1 Å². The van der Waals surface area contributed by atoms with Crippen molar-refractivity contribution in [1.29, 1.82) is 0 Å². The Morgan fingerprint density at radius 1 is 1.24 bits per heavy atom. The van der Waals surface area contributed by atoms with E-state index in [9.17, 15) is 0 Å². The Balaban J connectivity index is 1.62. The minimum atomic E-state index is 0.464. The van der Waals surface area contributed by atoms with E-state index in [2.05, 4.69) is 10.3 Å². The number of hydrogen-bond donors (Lipinski definition) is 1. The Hall–Kier alpha value is -1.33. The standard InChI is InChI=1S/C16H24N2O3/c1-19-14-4-3-12(15(18-14)20-2)11-17-13-5-6-16(13)7-9-21-10-8-16/h3-4,13,17H,5-11H2,1-2H3/t13-/m0/s1. The first kappa shape index (κ1) is 14.6. The summed E-state index contributed by atoms with van der Waals surface area (Å²) in [5, 5.41) is 3.69. The van der Waals surface area contributed by atoms with Gasteiger partial charge in [-0.15, -0.1) is 0 Å². The largest absolute Gasteiger partial charge is 0.481 e. The maximum Gasteiger partial charge on any atom is 0.220 e. The van der Waals surface area contributed by atoms with Crippen molar-refractivity contribution < 1.29 is 14.2 Å². The van der Waals surface area contributed by atoms with Gasteiger partial charge in [-0.25, -0.2) is 0 Å². The fourth-order valence-corrected chi connectivity index (χ4v) is 3.50. The Labute approximate surface area is 126 Å². The highest BCUT2D eigenvalue weighted by Gasteiger charge is 2.46. The Morgan fingerprint density at radius 2 is 2.05 bits per heavy atom. The van der Waals surface area contributed by atoms with E-state index in [1.165, 1.54) is 25.7 Å². The summed E-state index contributed by atoms with van der Waals surface area (Å²) in [7, 11) is 3.26. The molecule has 5 heteroatoms. The highest BCUT2D eigenvalue weighted by molar-refractivity contribution is 5.30. The molecule has 5 nitrogen and oxygen atoms in total. The quantitative estimate of drug-likeness (QED) is 0.901. The van der Waals surface area contributed by atoms with Gasteiger partial charge in [-0.2, -0.15) is 4.98 Å². The van der Waals surface area contributed by atoms with Crippen LogP contribution in [0.3, 0.4) is 0 Å². The number of rotatable bonds is 5. The molecule has 3 rings (SSSR count). The van der Waals surface area contributed by atoms with Crippen molar-refractivity contribution >= 4 is 0 Å². The number of methoxy groups -OCH3 is 2. The third-order valence-corrected chi connectivity index (χ3v) is 5.01. The zero-order valence-corrected chi connectivity index (χ0v) is 12.9. The Bertz CT molecular complexity index is 486. The molecule has 1 saturated heterocycles. The lowest BCUT2D eigenvalue weighted by Gasteiger charge is -2.52. The van der Waals surface area contributed by atoms with Gasteiger partial charge in [0.1, 0.15) is 0 Å². The van der Waals surface area contributed by atoms with Crippen LogP contribution in [0.1, 0.15) is 31.2 Å². The van der Waals surface area contributed by atoms with E-state index in [1.807, 2.05) is 12.1 Å². The zero-order chi connectivity index (χ0) is 14.7. The predicted molar refractivity (Wildman–Crippen MR) is 79.7 cm³/mol. The summed E-state index contributed by atoms with van der Waals surface area (Å²) < 4.78 is 16.0. The predicted octanol–water partition coefficient (Wildman–Crippen LogP) is 2.15. The maximum absolute atomic E-state index is 5.50. The molecule has 1 spiro atoms. The third-order valence-electron chi connectivity index (χ3n) is 5.01. The molecular weight excluding hydrogens is 268 g/mol. The molecule has 21 heavy (non-hydrogen) atoms. The van der Waals surface area contributed by atoms with E-state index in [1.54, 1.807) is 14.2 Å². The fourth-order valence-electron chi connectivity index (χ4n) is 3.50. The highest BCUT2D eigenvalue weighted by Crippen LogP contribution is 2.48. The van der Waals surface area contributed by atoms with E-state index in [0.717, 1.165) is 25.3 Å². The van der Waals surface area contributed by atoms with Crippen LogP contribution >= 0.6 is 0 Å². The van der Waals surface area contributed by atoms with E-state index >= 15 is 0 Å². The van der Waals surface area contributed by atoms with Crippen molar-refractivity contribution in [1.82, 2.24) is 10.3 Å². The summed E-state index contributed by atoms with van der Waals surface area (Å²) >= 11 is 0. The minimum Gasteiger partial charge on any atom is -0.481 e. The lowest BCUT2D eigenvalue weighted by molar-refractivity contribution is -0.0552. The van der Waals surface area contributed by atoms with Gasteiger partial charge in [-0.05, 0) is 37.2 Å². The van der Waals surface area contributed by atoms with Gasteiger partial charge in [-0.3, -0.25) is 0 Å². The van der Waals surface area contributed by atoms with Crippen LogP contribution in [-0.2, 0) is 11.3 Å². The number of aromatic nitrogens is 1. The molecule has 1 aromatic rings.